The minimum absolute atomic E-state index is 0.324. The summed E-state index contributed by atoms with van der Waals surface area (Å²) in [4.78, 5) is 12.2. The molecule has 1 aromatic heterocycles. The van der Waals surface area contributed by atoms with E-state index in [-0.39, 0.29) is 5.91 Å². The lowest BCUT2D eigenvalue weighted by Crippen LogP contribution is -2.17. The summed E-state index contributed by atoms with van der Waals surface area (Å²) in [5, 5.41) is 10.9. The van der Waals surface area contributed by atoms with Gasteiger partial charge >= 0.3 is 0 Å². The third-order valence-electron chi connectivity index (χ3n) is 3.78. The molecule has 2 aromatic carbocycles. The van der Waals surface area contributed by atoms with Gasteiger partial charge in [0.05, 0.1) is 25.6 Å². The first-order chi connectivity index (χ1) is 13.2. The van der Waals surface area contributed by atoms with Gasteiger partial charge in [-0.25, -0.2) is 5.43 Å². The molecule has 0 spiro atoms. The van der Waals surface area contributed by atoms with Crippen molar-refractivity contribution in [1.29, 1.82) is 0 Å². The molecule has 0 unspecified atom stereocenters. The van der Waals surface area contributed by atoms with Gasteiger partial charge in [-0.1, -0.05) is 0 Å². The van der Waals surface area contributed by atoms with Gasteiger partial charge in [0.25, 0.3) is 5.91 Å². The third-order valence-corrected chi connectivity index (χ3v) is 3.78. The largest absolute Gasteiger partial charge is 0.497 e. The zero-order valence-corrected chi connectivity index (χ0v) is 15.1. The molecule has 0 aliphatic heterocycles. The smallest absolute Gasteiger partial charge is 0.289 e. The number of nitrogens with one attached hydrogen (secondary N) is 2. The maximum atomic E-state index is 12.2. The van der Waals surface area contributed by atoms with Crippen LogP contribution in [-0.4, -0.2) is 36.0 Å². The summed E-state index contributed by atoms with van der Waals surface area (Å²) in [7, 11) is 1.61. The molecule has 1 heterocycles. The van der Waals surface area contributed by atoms with Gasteiger partial charge in [-0.05, 0) is 67.1 Å². The number of rotatable bonds is 7. The van der Waals surface area contributed by atoms with E-state index < -0.39 is 0 Å². The average Bonchev–Trinajstić information content (AvgIpc) is 3.20. The number of carbonyl (C=O) groups is 1. The summed E-state index contributed by atoms with van der Waals surface area (Å²) in [5.41, 5.74) is 5.20. The molecule has 7 nitrogen and oxygen atoms in total. The molecule has 0 aliphatic carbocycles. The van der Waals surface area contributed by atoms with Gasteiger partial charge in [-0.3, -0.25) is 9.89 Å². The van der Waals surface area contributed by atoms with Gasteiger partial charge in [0, 0.05) is 5.56 Å². The van der Waals surface area contributed by atoms with Crippen molar-refractivity contribution < 1.29 is 14.3 Å². The van der Waals surface area contributed by atoms with E-state index in [1.807, 2.05) is 55.5 Å². The Morgan fingerprint density at radius 3 is 2.52 bits per heavy atom. The quantitative estimate of drug-likeness (QED) is 0.497. The van der Waals surface area contributed by atoms with Crippen molar-refractivity contribution in [3.8, 4) is 22.8 Å². The normalized spacial score (nSPS) is 10.7. The predicted octanol–water partition coefficient (Wildman–Crippen LogP) is 3.25. The van der Waals surface area contributed by atoms with Crippen LogP contribution < -0.4 is 14.9 Å². The topological polar surface area (TPSA) is 88.6 Å². The van der Waals surface area contributed by atoms with Gasteiger partial charge < -0.3 is 9.47 Å². The summed E-state index contributed by atoms with van der Waals surface area (Å²) >= 11 is 0. The number of hydrogen-bond acceptors (Lipinski definition) is 5. The minimum atomic E-state index is -0.371. The van der Waals surface area contributed by atoms with Crippen LogP contribution in [0.4, 0.5) is 0 Å². The molecule has 0 saturated carbocycles. The molecule has 2 N–H and O–H groups in total. The van der Waals surface area contributed by atoms with Crippen molar-refractivity contribution in [1.82, 2.24) is 15.6 Å². The first kappa shape index (κ1) is 18.2. The summed E-state index contributed by atoms with van der Waals surface area (Å²) in [6.07, 6.45) is 1.56. The van der Waals surface area contributed by atoms with E-state index in [0.717, 1.165) is 22.6 Å². The van der Waals surface area contributed by atoms with Crippen molar-refractivity contribution in [2.75, 3.05) is 13.7 Å². The number of hydrazone groups is 1. The van der Waals surface area contributed by atoms with E-state index in [4.69, 9.17) is 9.47 Å². The zero-order chi connectivity index (χ0) is 19.1. The number of carbonyl (C=O) groups excluding carboxylic acids is 1. The highest BCUT2D eigenvalue weighted by Gasteiger charge is 2.10. The van der Waals surface area contributed by atoms with E-state index in [1.165, 1.54) is 0 Å². The number of ether oxygens (including phenoxy) is 2. The van der Waals surface area contributed by atoms with Crippen molar-refractivity contribution >= 4 is 12.1 Å². The highest BCUT2D eigenvalue weighted by molar-refractivity contribution is 5.94. The lowest BCUT2D eigenvalue weighted by Gasteiger charge is -2.02. The molecule has 0 bridgehead atoms. The average molecular weight is 364 g/mol. The Morgan fingerprint density at radius 1 is 1.15 bits per heavy atom. The second-order valence-electron chi connectivity index (χ2n) is 5.60. The number of aromatic amines is 1. The Bertz CT molecular complexity index is 915. The fourth-order valence-corrected chi connectivity index (χ4v) is 2.39. The molecule has 0 atom stereocenters. The van der Waals surface area contributed by atoms with E-state index in [1.54, 1.807) is 19.4 Å². The standard InChI is InChI=1S/C20H20N4O3/c1-3-27-17-8-4-14(5-9-17)13-21-24-20(25)19-12-18(22-23-19)15-6-10-16(26-2)11-7-15/h4-13H,3H2,1-2H3,(H,22,23)(H,24,25)/b21-13-. The molecular weight excluding hydrogens is 344 g/mol. The number of methoxy groups -OCH3 is 1. The number of aromatic nitrogens is 2. The third kappa shape index (κ3) is 4.72. The SMILES string of the molecule is CCOc1ccc(/C=N\NC(=O)c2cc(-c3ccc(OC)cc3)n[nH]2)cc1. The van der Waals surface area contributed by atoms with E-state index in [2.05, 4.69) is 20.7 Å². The number of nitrogens with zero attached hydrogens (tertiary/aromatic N) is 2. The first-order valence-electron chi connectivity index (χ1n) is 8.45. The number of hydrogen-bond donors (Lipinski definition) is 2. The Labute approximate surface area is 157 Å². The number of H-pyrrole nitrogens is 1. The molecule has 0 aliphatic rings. The van der Waals surface area contributed by atoms with Crippen LogP contribution in [0, 0.1) is 0 Å². The summed E-state index contributed by atoms with van der Waals surface area (Å²) in [6, 6.07) is 16.5. The molecule has 1 amide bonds. The maximum Gasteiger partial charge on any atom is 0.289 e. The second-order valence-corrected chi connectivity index (χ2v) is 5.60. The van der Waals surface area contributed by atoms with Gasteiger partial charge in [-0.2, -0.15) is 10.2 Å². The lowest BCUT2D eigenvalue weighted by molar-refractivity contribution is 0.0950. The lowest BCUT2D eigenvalue weighted by atomic mass is 10.1. The van der Waals surface area contributed by atoms with E-state index in [0.29, 0.717) is 18.0 Å². The van der Waals surface area contributed by atoms with Gasteiger partial charge in [0.2, 0.25) is 0 Å². The second kappa shape index (κ2) is 8.66. The molecule has 3 aromatic rings. The fraction of sp³-hybridized carbons (Fsp3) is 0.150. The molecule has 7 heteroatoms. The molecule has 138 valence electrons. The molecule has 0 saturated heterocycles. The van der Waals surface area contributed by atoms with Crippen molar-refractivity contribution in [2.24, 2.45) is 5.10 Å². The fourth-order valence-electron chi connectivity index (χ4n) is 2.39. The Hall–Kier alpha value is -3.61. The summed E-state index contributed by atoms with van der Waals surface area (Å²) in [5.74, 6) is 1.18. The van der Waals surface area contributed by atoms with E-state index in [9.17, 15) is 4.79 Å². The highest BCUT2D eigenvalue weighted by Crippen LogP contribution is 2.21. The summed E-state index contributed by atoms with van der Waals surface area (Å²) < 4.78 is 10.5. The minimum Gasteiger partial charge on any atom is -0.497 e. The van der Waals surface area contributed by atoms with Crippen LogP contribution in [0.1, 0.15) is 23.0 Å². The monoisotopic (exact) mass is 364 g/mol. The summed E-state index contributed by atoms with van der Waals surface area (Å²) in [6.45, 7) is 2.55. The Kier molecular flexibility index (Phi) is 5.84. The van der Waals surface area contributed by atoms with Crippen LogP contribution in [0.25, 0.3) is 11.3 Å². The Morgan fingerprint density at radius 2 is 1.85 bits per heavy atom. The van der Waals surface area contributed by atoms with E-state index >= 15 is 0 Å². The van der Waals surface area contributed by atoms with Crippen molar-refractivity contribution in [3.63, 3.8) is 0 Å². The number of benzene rings is 2. The van der Waals surface area contributed by atoms with Crippen LogP contribution >= 0.6 is 0 Å². The van der Waals surface area contributed by atoms with Crippen LogP contribution in [-0.2, 0) is 0 Å². The van der Waals surface area contributed by atoms with Crippen LogP contribution in [0.3, 0.4) is 0 Å². The first-order valence-corrected chi connectivity index (χ1v) is 8.45. The molecule has 0 radical (unpaired) electrons. The molecule has 3 rings (SSSR count). The predicted molar refractivity (Wildman–Crippen MR) is 103 cm³/mol. The van der Waals surface area contributed by atoms with Gasteiger partial charge in [-0.15, -0.1) is 0 Å². The van der Waals surface area contributed by atoms with Crippen LogP contribution in [0.15, 0.2) is 59.7 Å². The molecular formula is C20H20N4O3. The van der Waals surface area contributed by atoms with Crippen molar-refractivity contribution in [2.45, 2.75) is 6.92 Å². The van der Waals surface area contributed by atoms with Crippen LogP contribution in [0.2, 0.25) is 0 Å². The van der Waals surface area contributed by atoms with Crippen molar-refractivity contribution in [3.05, 3.63) is 65.9 Å². The Balaban J connectivity index is 1.60. The zero-order valence-electron chi connectivity index (χ0n) is 15.1. The van der Waals surface area contributed by atoms with Gasteiger partial charge in [0.1, 0.15) is 17.2 Å². The number of amides is 1. The molecule has 27 heavy (non-hydrogen) atoms. The maximum absolute atomic E-state index is 12.2. The van der Waals surface area contributed by atoms with Crippen LogP contribution in [0.5, 0.6) is 11.5 Å². The van der Waals surface area contributed by atoms with Gasteiger partial charge in [0.15, 0.2) is 0 Å². The highest BCUT2D eigenvalue weighted by atomic mass is 16.5. The molecule has 0 fully saturated rings.